The minimum atomic E-state index is -0.0665. The molecule has 1 N–H and O–H groups in total. The summed E-state index contributed by atoms with van der Waals surface area (Å²) in [4.78, 5) is 27.1. The van der Waals surface area contributed by atoms with E-state index in [1.807, 2.05) is 53.4 Å². The number of halogens is 1. The average molecular weight is 526 g/mol. The van der Waals surface area contributed by atoms with Gasteiger partial charge >= 0.3 is 6.03 Å². The van der Waals surface area contributed by atoms with Gasteiger partial charge in [-0.1, -0.05) is 61.0 Å². The molecule has 7 heteroatoms. The van der Waals surface area contributed by atoms with Crippen LogP contribution in [0.2, 0.25) is 5.02 Å². The zero-order chi connectivity index (χ0) is 26.5. The molecule has 0 bridgehead atoms. The number of hydrogen-bond donors (Lipinski definition) is 1. The van der Waals surface area contributed by atoms with E-state index in [0.29, 0.717) is 37.0 Å². The van der Waals surface area contributed by atoms with E-state index < -0.39 is 0 Å². The number of nitrogens with zero attached hydrogens (tertiary/aromatic N) is 4. The second-order valence-electron chi connectivity index (χ2n) is 9.56. The zero-order valence-electron chi connectivity index (χ0n) is 21.8. The summed E-state index contributed by atoms with van der Waals surface area (Å²) in [6.45, 7) is 6.78. The van der Waals surface area contributed by atoms with Crippen LogP contribution in [-0.2, 0) is 12.8 Å². The number of aryl methyl sites for hydroxylation is 2. The Hall–Kier alpha value is -3.90. The number of aromatic nitrogens is 2. The van der Waals surface area contributed by atoms with Crippen molar-refractivity contribution in [2.75, 3.05) is 36.4 Å². The van der Waals surface area contributed by atoms with Crippen LogP contribution in [-0.4, -0.2) is 47.1 Å². The van der Waals surface area contributed by atoms with Gasteiger partial charge in [-0.3, -0.25) is 0 Å². The van der Waals surface area contributed by atoms with E-state index >= 15 is 0 Å². The molecule has 1 fully saturated rings. The number of anilines is 2. The smallest absolute Gasteiger partial charge is 0.321 e. The molecular weight excluding hydrogens is 494 g/mol. The lowest BCUT2D eigenvalue weighted by atomic mass is 10.0. The highest BCUT2D eigenvalue weighted by atomic mass is 35.5. The summed E-state index contributed by atoms with van der Waals surface area (Å²) >= 11 is 6.12. The van der Waals surface area contributed by atoms with Crippen LogP contribution in [0.15, 0.2) is 78.9 Å². The Bertz CT molecular complexity index is 1400. The zero-order valence-corrected chi connectivity index (χ0v) is 22.6. The molecule has 2 amide bonds. The summed E-state index contributed by atoms with van der Waals surface area (Å²) in [5, 5.41) is 3.74. The monoisotopic (exact) mass is 525 g/mol. The number of amides is 2. The van der Waals surface area contributed by atoms with Crippen LogP contribution in [0.25, 0.3) is 11.4 Å². The fourth-order valence-electron chi connectivity index (χ4n) is 4.77. The Kier molecular flexibility index (Phi) is 7.89. The number of hydrogen-bond acceptors (Lipinski definition) is 4. The van der Waals surface area contributed by atoms with Crippen molar-refractivity contribution in [3.63, 3.8) is 0 Å². The maximum absolute atomic E-state index is 13.0. The van der Waals surface area contributed by atoms with Crippen molar-refractivity contribution in [1.29, 1.82) is 0 Å². The van der Waals surface area contributed by atoms with Crippen LogP contribution in [0.3, 0.4) is 0 Å². The van der Waals surface area contributed by atoms with E-state index in [4.69, 9.17) is 21.6 Å². The molecule has 5 rings (SSSR count). The Morgan fingerprint density at radius 2 is 1.61 bits per heavy atom. The van der Waals surface area contributed by atoms with Crippen LogP contribution in [0.4, 0.5) is 16.3 Å². The molecule has 6 nitrogen and oxygen atoms in total. The van der Waals surface area contributed by atoms with E-state index in [-0.39, 0.29) is 6.03 Å². The average Bonchev–Trinajstić information content (AvgIpc) is 2.95. The lowest BCUT2D eigenvalue weighted by Gasteiger charge is -2.36. The second kappa shape index (κ2) is 11.7. The summed E-state index contributed by atoms with van der Waals surface area (Å²) in [5.74, 6) is 1.61. The molecule has 0 unspecified atom stereocenters. The third-order valence-corrected chi connectivity index (χ3v) is 7.22. The van der Waals surface area contributed by atoms with Crippen molar-refractivity contribution in [3.05, 3.63) is 106 Å². The number of piperazine rings is 1. The molecule has 1 aromatic heterocycles. The molecule has 194 valence electrons. The fourth-order valence-corrected chi connectivity index (χ4v) is 4.90. The first kappa shape index (κ1) is 25.7. The van der Waals surface area contributed by atoms with E-state index in [0.717, 1.165) is 41.2 Å². The first-order valence-electron chi connectivity index (χ1n) is 13.1. The number of rotatable bonds is 6. The Morgan fingerprint density at radius 1 is 0.895 bits per heavy atom. The molecular formula is C31H32ClN5O. The van der Waals surface area contributed by atoms with Gasteiger partial charge < -0.3 is 15.1 Å². The molecule has 1 aliphatic heterocycles. The van der Waals surface area contributed by atoms with Crippen LogP contribution < -0.4 is 10.2 Å². The number of nitrogens with one attached hydrogen (secondary N) is 1. The van der Waals surface area contributed by atoms with Gasteiger partial charge in [0.25, 0.3) is 0 Å². The first-order chi connectivity index (χ1) is 18.5. The van der Waals surface area contributed by atoms with Gasteiger partial charge in [-0.05, 0) is 60.9 Å². The van der Waals surface area contributed by atoms with Gasteiger partial charge in [-0.2, -0.15) is 0 Å². The molecule has 4 aromatic rings. The molecule has 0 aliphatic carbocycles. The largest absolute Gasteiger partial charge is 0.353 e. The summed E-state index contributed by atoms with van der Waals surface area (Å²) in [7, 11) is 0. The highest BCUT2D eigenvalue weighted by Crippen LogP contribution is 2.29. The minimum absolute atomic E-state index is 0.0665. The molecule has 38 heavy (non-hydrogen) atoms. The van der Waals surface area contributed by atoms with Crippen molar-refractivity contribution in [3.8, 4) is 11.4 Å². The molecule has 1 saturated heterocycles. The van der Waals surface area contributed by atoms with E-state index in [2.05, 4.69) is 54.4 Å². The summed E-state index contributed by atoms with van der Waals surface area (Å²) in [6.07, 6.45) is 1.68. The number of carbonyl (C=O) groups excluding carboxylic acids is 1. The lowest BCUT2D eigenvalue weighted by Crippen LogP contribution is -2.50. The SMILES string of the molecule is CCc1cccc(NC(=O)N2CCN(c3nc(-c4ccc(Cl)cc4)nc(C)c3Cc3ccccc3)CC2)c1. The predicted octanol–water partition coefficient (Wildman–Crippen LogP) is 6.61. The number of benzene rings is 3. The molecule has 2 heterocycles. The van der Waals surface area contributed by atoms with Crippen LogP contribution in [0.1, 0.15) is 29.3 Å². The van der Waals surface area contributed by atoms with Crippen LogP contribution in [0, 0.1) is 6.92 Å². The second-order valence-corrected chi connectivity index (χ2v) is 10.00. The van der Waals surface area contributed by atoms with Gasteiger partial charge in [0.2, 0.25) is 0 Å². The Labute approximate surface area is 229 Å². The maximum Gasteiger partial charge on any atom is 0.321 e. The van der Waals surface area contributed by atoms with Gasteiger partial charge in [0, 0.05) is 60.1 Å². The van der Waals surface area contributed by atoms with E-state index in [1.165, 1.54) is 11.1 Å². The van der Waals surface area contributed by atoms with Crippen LogP contribution in [0.5, 0.6) is 0 Å². The van der Waals surface area contributed by atoms with Crippen molar-refractivity contribution in [2.45, 2.75) is 26.7 Å². The van der Waals surface area contributed by atoms with Gasteiger partial charge in [-0.25, -0.2) is 14.8 Å². The van der Waals surface area contributed by atoms with Crippen LogP contribution >= 0.6 is 11.6 Å². The van der Waals surface area contributed by atoms with Gasteiger partial charge in [-0.15, -0.1) is 0 Å². The summed E-state index contributed by atoms with van der Waals surface area (Å²) in [5.41, 5.74) is 6.25. The summed E-state index contributed by atoms with van der Waals surface area (Å²) < 4.78 is 0. The Morgan fingerprint density at radius 3 is 2.32 bits per heavy atom. The van der Waals surface area contributed by atoms with E-state index in [9.17, 15) is 4.79 Å². The minimum Gasteiger partial charge on any atom is -0.353 e. The highest BCUT2D eigenvalue weighted by Gasteiger charge is 2.25. The first-order valence-corrected chi connectivity index (χ1v) is 13.4. The molecule has 0 spiro atoms. The topological polar surface area (TPSA) is 61.4 Å². The molecule has 0 saturated carbocycles. The van der Waals surface area contributed by atoms with Crippen molar-refractivity contribution >= 4 is 29.1 Å². The molecule has 0 radical (unpaired) electrons. The van der Waals surface area contributed by atoms with Gasteiger partial charge in [0.1, 0.15) is 5.82 Å². The normalized spacial score (nSPS) is 13.4. The maximum atomic E-state index is 13.0. The van der Waals surface area contributed by atoms with E-state index in [1.54, 1.807) is 0 Å². The predicted molar refractivity (Wildman–Crippen MR) is 155 cm³/mol. The molecule has 3 aromatic carbocycles. The van der Waals surface area contributed by atoms with Gasteiger partial charge in [0.15, 0.2) is 5.82 Å². The van der Waals surface area contributed by atoms with Crippen molar-refractivity contribution in [2.24, 2.45) is 0 Å². The third kappa shape index (κ3) is 5.97. The molecule has 1 aliphatic rings. The van der Waals surface area contributed by atoms with Crippen molar-refractivity contribution < 1.29 is 4.79 Å². The lowest BCUT2D eigenvalue weighted by molar-refractivity contribution is 0.208. The quantitative estimate of drug-likeness (QED) is 0.307. The summed E-state index contributed by atoms with van der Waals surface area (Å²) in [6, 6.07) is 26.0. The fraction of sp³-hybridized carbons (Fsp3) is 0.258. The standard InChI is InChI=1S/C31H32ClN5O/c1-3-23-10-7-11-27(20-23)34-31(38)37-18-16-36(17-19-37)30-28(21-24-8-5-4-6-9-24)22(2)33-29(35-30)25-12-14-26(32)15-13-25/h4-15,20H,3,16-19,21H2,1-2H3,(H,34,38). The van der Waals surface area contributed by atoms with Crippen molar-refractivity contribution in [1.82, 2.24) is 14.9 Å². The highest BCUT2D eigenvalue weighted by molar-refractivity contribution is 6.30. The molecule has 0 atom stereocenters. The number of urea groups is 1. The van der Waals surface area contributed by atoms with Gasteiger partial charge in [0.05, 0.1) is 0 Å². The Balaban J connectivity index is 1.37. The third-order valence-electron chi connectivity index (χ3n) is 6.97. The number of carbonyl (C=O) groups is 1.